The molecule has 0 saturated carbocycles. The minimum absolute atomic E-state index is 0.0364. The van der Waals surface area contributed by atoms with Crippen LogP contribution in [-0.2, 0) is 13.1 Å². The Labute approximate surface area is 100 Å². The van der Waals surface area contributed by atoms with E-state index >= 15 is 0 Å². The number of anilines is 1. The van der Waals surface area contributed by atoms with E-state index < -0.39 is 0 Å². The zero-order valence-electron chi connectivity index (χ0n) is 9.97. The van der Waals surface area contributed by atoms with E-state index in [1.807, 2.05) is 36.7 Å². The van der Waals surface area contributed by atoms with Crippen molar-refractivity contribution >= 4 is 5.69 Å². The highest BCUT2D eigenvalue weighted by Gasteiger charge is 2.03. The first kappa shape index (κ1) is 11.5. The van der Waals surface area contributed by atoms with E-state index in [1.165, 1.54) is 0 Å². The summed E-state index contributed by atoms with van der Waals surface area (Å²) in [5, 5.41) is 0. The van der Waals surface area contributed by atoms with Crippen molar-refractivity contribution in [2.45, 2.75) is 26.4 Å². The average molecular weight is 231 g/mol. The first-order valence-electron chi connectivity index (χ1n) is 5.80. The van der Waals surface area contributed by atoms with Gasteiger partial charge in [0.1, 0.15) is 0 Å². The first-order valence-corrected chi connectivity index (χ1v) is 5.80. The van der Waals surface area contributed by atoms with Crippen LogP contribution >= 0.6 is 0 Å². The molecule has 0 aliphatic heterocycles. The third-order valence-corrected chi connectivity index (χ3v) is 2.69. The molecule has 0 aliphatic carbocycles. The van der Waals surface area contributed by atoms with Crippen LogP contribution in [0.5, 0.6) is 0 Å². The number of rotatable bonds is 4. The topological polar surface area (TPSA) is 52.9 Å². The van der Waals surface area contributed by atoms with Crippen molar-refractivity contribution in [3.05, 3.63) is 52.7 Å². The van der Waals surface area contributed by atoms with Crippen LogP contribution in [0, 0.1) is 0 Å². The Morgan fingerprint density at radius 3 is 2.71 bits per heavy atom. The Balaban J connectivity index is 2.22. The van der Waals surface area contributed by atoms with Crippen LogP contribution < -0.4 is 11.4 Å². The normalized spacial score (nSPS) is 10.6. The molecule has 1 aromatic carbocycles. The highest BCUT2D eigenvalue weighted by molar-refractivity contribution is 5.40. The molecule has 0 saturated heterocycles. The minimum atomic E-state index is 0.0364. The zero-order valence-corrected chi connectivity index (χ0v) is 9.97. The Morgan fingerprint density at radius 1 is 1.24 bits per heavy atom. The molecule has 2 aromatic rings. The number of hydrogen-bond donors (Lipinski definition) is 1. The number of nitrogen functional groups attached to an aromatic ring is 1. The third kappa shape index (κ3) is 2.58. The molecule has 4 heteroatoms. The van der Waals surface area contributed by atoms with Crippen LogP contribution in [0.1, 0.15) is 18.9 Å². The van der Waals surface area contributed by atoms with Gasteiger partial charge in [0, 0.05) is 24.6 Å². The largest absolute Gasteiger partial charge is 0.399 e. The average Bonchev–Trinajstić information content (AvgIpc) is 2.62. The van der Waals surface area contributed by atoms with E-state index in [9.17, 15) is 4.79 Å². The van der Waals surface area contributed by atoms with Crippen LogP contribution in [-0.4, -0.2) is 9.13 Å². The van der Waals surface area contributed by atoms with Gasteiger partial charge in [0.15, 0.2) is 0 Å². The van der Waals surface area contributed by atoms with Gasteiger partial charge in [-0.3, -0.25) is 9.13 Å². The maximum atomic E-state index is 11.9. The Hall–Kier alpha value is -1.97. The lowest BCUT2D eigenvalue weighted by Crippen LogP contribution is -2.24. The van der Waals surface area contributed by atoms with Crippen molar-refractivity contribution < 1.29 is 0 Å². The third-order valence-electron chi connectivity index (χ3n) is 2.69. The summed E-state index contributed by atoms with van der Waals surface area (Å²) in [7, 11) is 0. The highest BCUT2D eigenvalue weighted by atomic mass is 16.1. The lowest BCUT2D eigenvalue weighted by molar-refractivity contribution is 0.624. The quantitative estimate of drug-likeness (QED) is 0.814. The second-order valence-corrected chi connectivity index (χ2v) is 4.15. The van der Waals surface area contributed by atoms with Gasteiger partial charge in [0.2, 0.25) is 0 Å². The van der Waals surface area contributed by atoms with E-state index in [-0.39, 0.29) is 5.69 Å². The second-order valence-electron chi connectivity index (χ2n) is 4.15. The molecule has 0 fully saturated rings. The summed E-state index contributed by atoms with van der Waals surface area (Å²) >= 11 is 0. The minimum Gasteiger partial charge on any atom is -0.399 e. The van der Waals surface area contributed by atoms with Gasteiger partial charge in [-0.2, -0.15) is 0 Å². The standard InChI is InChI=1S/C13H17N3O/c1-2-6-15-7-8-16(13(15)17)10-11-4-3-5-12(14)9-11/h3-5,7-9H,2,6,10,14H2,1H3. The first-order chi connectivity index (χ1) is 8.20. The van der Waals surface area contributed by atoms with E-state index in [0.29, 0.717) is 6.54 Å². The van der Waals surface area contributed by atoms with Gasteiger partial charge in [0.05, 0.1) is 6.54 Å². The molecule has 90 valence electrons. The second kappa shape index (κ2) is 4.91. The van der Waals surface area contributed by atoms with Gasteiger partial charge < -0.3 is 5.73 Å². The molecule has 0 spiro atoms. The van der Waals surface area contributed by atoms with Crippen molar-refractivity contribution in [1.82, 2.24) is 9.13 Å². The van der Waals surface area contributed by atoms with Gasteiger partial charge in [0.25, 0.3) is 0 Å². The number of benzene rings is 1. The molecule has 0 amide bonds. The molecule has 0 unspecified atom stereocenters. The molecule has 1 heterocycles. The molecule has 0 radical (unpaired) electrons. The number of aromatic nitrogens is 2. The molecular weight excluding hydrogens is 214 g/mol. The summed E-state index contributed by atoms with van der Waals surface area (Å²) in [4.78, 5) is 11.9. The van der Waals surface area contributed by atoms with Crippen molar-refractivity contribution in [1.29, 1.82) is 0 Å². The SMILES string of the molecule is CCCn1ccn(Cc2cccc(N)c2)c1=O. The molecule has 2 rings (SSSR count). The van der Waals surface area contributed by atoms with Gasteiger partial charge in [-0.15, -0.1) is 0 Å². The smallest absolute Gasteiger partial charge is 0.328 e. The molecular formula is C13H17N3O. The molecule has 0 aliphatic rings. The lowest BCUT2D eigenvalue weighted by Gasteiger charge is -2.03. The number of aryl methyl sites for hydroxylation is 1. The molecule has 4 nitrogen and oxygen atoms in total. The predicted molar refractivity (Wildman–Crippen MR) is 68.9 cm³/mol. The molecule has 2 N–H and O–H groups in total. The van der Waals surface area contributed by atoms with Crippen LogP contribution in [0.25, 0.3) is 0 Å². The van der Waals surface area contributed by atoms with Crippen LogP contribution in [0.15, 0.2) is 41.5 Å². The van der Waals surface area contributed by atoms with Crippen LogP contribution in [0.2, 0.25) is 0 Å². The Morgan fingerprint density at radius 2 is 2.00 bits per heavy atom. The maximum Gasteiger partial charge on any atom is 0.328 e. The van der Waals surface area contributed by atoms with Crippen molar-refractivity contribution in [3.8, 4) is 0 Å². The predicted octanol–water partition coefficient (Wildman–Crippen LogP) is 1.69. The Kier molecular flexibility index (Phi) is 3.32. The lowest BCUT2D eigenvalue weighted by atomic mass is 10.2. The van der Waals surface area contributed by atoms with Gasteiger partial charge in [-0.1, -0.05) is 19.1 Å². The number of hydrogen-bond acceptors (Lipinski definition) is 2. The van der Waals surface area contributed by atoms with E-state index in [1.54, 1.807) is 9.13 Å². The summed E-state index contributed by atoms with van der Waals surface area (Å²) < 4.78 is 3.43. The van der Waals surface area contributed by atoms with Gasteiger partial charge in [-0.25, -0.2) is 4.79 Å². The van der Waals surface area contributed by atoms with E-state index in [2.05, 4.69) is 6.92 Å². The maximum absolute atomic E-state index is 11.9. The molecule has 1 aromatic heterocycles. The molecule has 17 heavy (non-hydrogen) atoms. The summed E-state index contributed by atoms with van der Waals surface area (Å²) in [5.41, 5.74) is 7.52. The number of imidazole rings is 1. The summed E-state index contributed by atoms with van der Waals surface area (Å²) in [6, 6.07) is 7.61. The fourth-order valence-corrected chi connectivity index (χ4v) is 1.87. The zero-order chi connectivity index (χ0) is 12.3. The summed E-state index contributed by atoms with van der Waals surface area (Å²) in [5.74, 6) is 0. The van der Waals surface area contributed by atoms with Crippen LogP contribution in [0.3, 0.4) is 0 Å². The van der Waals surface area contributed by atoms with Crippen molar-refractivity contribution in [3.63, 3.8) is 0 Å². The fraction of sp³-hybridized carbons (Fsp3) is 0.308. The monoisotopic (exact) mass is 231 g/mol. The van der Waals surface area contributed by atoms with E-state index in [4.69, 9.17) is 5.73 Å². The number of nitrogens with two attached hydrogens (primary N) is 1. The fourth-order valence-electron chi connectivity index (χ4n) is 1.87. The highest BCUT2D eigenvalue weighted by Crippen LogP contribution is 2.07. The van der Waals surface area contributed by atoms with Crippen LogP contribution in [0.4, 0.5) is 5.69 Å². The van der Waals surface area contributed by atoms with Crippen molar-refractivity contribution in [2.75, 3.05) is 5.73 Å². The van der Waals surface area contributed by atoms with E-state index in [0.717, 1.165) is 24.2 Å². The number of nitrogens with zero attached hydrogens (tertiary/aromatic N) is 2. The van der Waals surface area contributed by atoms with Gasteiger partial charge in [-0.05, 0) is 24.1 Å². The van der Waals surface area contributed by atoms with Gasteiger partial charge >= 0.3 is 5.69 Å². The Bertz CT molecular complexity index is 554. The molecule has 0 bridgehead atoms. The summed E-state index contributed by atoms with van der Waals surface area (Å²) in [6.07, 6.45) is 4.61. The molecule has 0 atom stereocenters. The summed E-state index contributed by atoms with van der Waals surface area (Å²) in [6.45, 7) is 3.39. The van der Waals surface area contributed by atoms with Crippen molar-refractivity contribution in [2.24, 2.45) is 0 Å².